The van der Waals surface area contributed by atoms with E-state index in [-0.39, 0.29) is 0 Å². The fourth-order valence-electron chi connectivity index (χ4n) is 4.92. The summed E-state index contributed by atoms with van der Waals surface area (Å²) in [5, 5.41) is 0. The van der Waals surface area contributed by atoms with Gasteiger partial charge >= 0.3 is 0 Å². The van der Waals surface area contributed by atoms with Crippen molar-refractivity contribution in [2.45, 2.75) is 82.3 Å². The molecule has 2 aliphatic rings. The van der Waals surface area contributed by atoms with Crippen LogP contribution in [0.5, 0.6) is 0 Å². The normalized spacial score (nSPS) is 20.0. The van der Waals surface area contributed by atoms with Crippen molar-refractivity contribution in [2.75, 3.05) is 20.1 Å². The summed E-state index contributed by atoms with van der Waals surface area (Å²) in [5.74, 6) is 1.03. The van der Waals surface area contributed by atoms with Gasteiger partial charge in [-0.25, -0.2) is 13.4 Å². The van der Waals surface area contributed by atoms with E-state index in [4.69, 9.17) is 4.98 Å². The van der Waals surface area contributed by atoms with Crippen molar-refractivity contribution >= 4 is 21.1 Å². The molecule has 0 N–H and O–H groups in total. The molecule has 0 amide bonds. The molecule has 0 atom stereocenters. The van der Waals surface area contributed by atoms with E-state index < -0.39 is 10.0 Å². The summed E-state index contributed by atoms with van der Waals surface area (Å²) in [6, 6.07) is 6.10. The first-order chi connectivity index (χ1) is 14.0. The van der Waals surface area contributed by atoms with Gasteiger partial charge in [0.15, 0.2) is 0 Å². The lowest BCUT2D eigenvalue weighted by Crippen LogP contribution is -2.35. The van der Waals surface area contributed by atoms with Crippen LogP contribution < -0.4 is 0 Å². The summed E-state index contributed by atoms with van der Waals surface area (Å²) in [7, 11) is -1.23. The highest BCUT2D eigenvalue weighted by molar-refractivity contribution is 7.89. The van der Waals surface area contributed by atoms with Crippen molar-refractivity contribution in [1.29, 1.82) is 0 Å². The van der Waals surface area contributed by atoms with Gasteiger partial charge in [-0.05, 0) is 57.9 Å². The van der Waals surface area contributed by atoms with Crippen LogP contribution in [-0.2, 0) is 23.1 Å². The number of sulfonamides is 1. The molecule has 4 rings (SSSR count). The minimum Gasteiger partial charge on any atom is -0.327 e. The second-order valence-electron chi connectivity index (χ2n) is 8.59. The lowest BCUT2D eigenvalue weighted by molar-refractivity contribution is 0.179. The molecule has 0 spiro atoms. The van der Waals surface area contributed by atoms with Crippen molar-refractivity contribution < 1.29 is 8.42 Å². The number of aryl methyl sites for hydroxylation is 1. The average molecular weight is 419 g/mol. The Bertz CT molecular complexity index is 941. The van der Waals surface area contributed by atoms with Crippen LogP contribution in [0.3, 0.4) is 0 Å². The minimum absolute atomic E-state index is 0.375. The fraction of sp³-hybridized carbons (Fsp3) is 0.682. The molecule has 0 radical (unpaired) electrons. The second-order valence-corrected chi connectivity index (χ2v) is 10.5. The Kier molecular flexibility index (Phi) is 6.27. The highest BCUT2D eigenvalue weighted by atomic mass is 32.2. The van der Waals surface area contributed by atoms with Gasteiger partial charge in [-0.15, -0.1) is 0 Å². The van der Waals surface area contributed by atoms with Gasteiger partial charge in [0, 0.05) is 25.7 Å². The van der Waals surface area contributed by atoms with Crippen molar-refractivity contribution in [3.8, 4) is 0 Å². The van der Waals surface area contributed by atoms with Crippen LogP contribution in [0.2, 0.25) is 0 Å². The molecule has 1 aromatic carbocycles. The largest absolute Gasteiger partial charge is 0.327 e. The number of rotatable bonds is 6. The molecule has 1 saturated carbocycles. The Morgan fingerprint density at radius 3 is 2.45 bits per heavy atom. The number of piperidine rings is 1. The summed E-state index contributed by atoms with van der Waals surface area (Å²) in [6.45, 7) is 5.02. The van der Waals surface area contributed by atoms with E-state index in [9.17, 15) is 8.42 Å². The van der Waals surface area contributed by atoms with Gasteiger partial charge in [0.25, 0.3) is 0 Å². The first kappa shape index (κ1) is 20.8. The third-order valence-corrected chi connectivity index (χ3v) is 8.55. The molecule has 1 saturated heterocycles. The summed E-state index contributed by atoms with van der Waals surface area (Å²) in [6.07, 6.45) is 9.53. The van der Waals surface area contributed by atoms with Crippen molar-refractivity contribution in [3.05, 3.63) is 24.0 Å². The van der Waals surface area contributed by atoms with Crippen molar-refractivity contribution in [1.82, 2.24) is 18.8 Å². The summed E-state index contributed by atoms with van der Waals surface area (Å²) >= 11 is 0. The van der Waals surface area contributed by atoms with Gasteiger partial charge in [0.2, 0.25) is 10.0 Å². The van der Waals surface area contributed by atoms with E-state index in [1.807, 2.05) is 6.07 Å². The Morgan fingerprint density at radius 1 is 1.07 bits per heavy atom. The van der Waals surface area contributed by atoms with Gasteiger partial charge in [-0.3, -0.25) is 4.90 Å². The highest BCUT2D eigenvalue weighted by Crippen LogP contribution is 2.27. The Balaban J connectivity index is 1.62. The van der Waals surface area contributed by atoms with E-state index in [1.54, 1.807) is 16.4 Å². The third-order valence-electron chi connectivity index (χ3n) is 6.66. The molecular weight excluding hydrogens is 384 g/mol. The van der Waals surface area contributed by atoms with E-state index in [0.717, 1.165) is 49.2 Å². The molecule has 1 aliphatic carbocycles. The maximum atomic E-state index is 13.1. The van der Waals surface area contributed by atoms with Gasteiger partial charge in [-0.2, -0.15) is 4.31 Å². The van der Waals surface area contributed by atoms with Gasteiger partial charge < -0.3 is 4.57 Å². The average Bonchev–Trinajstić information content (AvgIpc) is 3.11. The van der Waals surface area contributed by atoms with Gasteiger partial charge in [0.05, 0.1) is 22.5 Å². The summed E-state index contributed by atoms with van der Waals surface area (Å²) < 4.78 is 30.0. The van der Waals surface area contributed by atoms with Gasteiger partial charge in [0.1, 0.15) is 5.82 Å². The number of fused-ring (bicyclic) bond motifs is 1. The van der Waals surface area contributed by atoms with Gasteiger partial charge in [-0.1, -0.05) is 25.7 Å². The number of nitrogens with zero attached hydrogens (tertiary/aromatic N) is 4. The minimum atomic E-state index is -3.43. The van der Waals surface area contributed by atoms with Crippen LogP contribution in [0.1, 0.15) is 64.1 Å². The van der Waals surface area contributed by atoms with Crippen LogP contribution in [0.4, 0.5) is 0 Å². The Hall–Kier alpha value is -1.44. The number of hydrogen-bond acceptors (Lipinski definition) is 4. The standard InChI is InChI=1S/C22H34N4O2S/c1-3-26-21-13-12-19(29(27,28)25-14-8-5-9-15-25)16-20(21)23-22(26)17-24(2)18-10-6-4-7-11-18/h12-13,16,18H,3-11,14-15,17H2,1-2H3. The van der Waals surface area contributed by atoms with Crippen LogP contribution in [0.25, 0.3) is 11.0 Å². The molecular formula is C22H34N4O2S. The van der Waals surface area contributed by atoms with E-state index >= 15 is 0 Å². The maximum Gasteiger partial charge on any atom is 0.243 e. The zero-order chi connectivity index (χ0) is 20.4. The lowest BCUT2D eigenvalue weighted by atomic mass is 9.94. The molecule has 29 heavy (non-hydrogen) atoms. The quantitative estimate of drug-likeness (QED) is 0.712. The number of aromatic nitrogens is 2. The predicted octanol–water partition coefficient (Wildman–Crippen LogP) is 4.00. The Labute approximate surface area is 174 Å². The SMILES string of the molecule is CCn1c(CN(C)C2CCCCC2)nc2cc(S(=O)(=O)N3CCCCC3)ccc21. The first-order valence-electron chi connectivity index (χ1n) is 11.2. The molecule has 2 fully saturated rings. The topological polar surface area (TPSA) is 58.4 Å². The van der Waals surface area contributed by atoms with Crippen LogP contribution >= 0.6 is 0 Å². The van der Waals surface area contributed by atoms with Crippen LogP contribution in [0.15, 0.2) is 23.1 Å². The van der Waals surface area contributed by atoms with Crippen molar-refractivity contribution in [3.63, 3.8) is 0 Å². The smallest absolute Gasteiger partial charge is 0.243 e. The summed E-state index contributed by atoms with van der Waals surface area (Å²) in [5.41, 5.74) is 1.81. The molecule has 1 aliphatic heterocycles. The number of hydrogen-bond donors (Lipinski definition) is 0. The zero-order valence-electron chi connectivity index (χ0n) is 17.8. The fourth-order valence-corrected chi connectivity index (χ4v) is 6.46. The van der Waals surface area contributed by atoms with E-state index in [2.05, 4.69) is 23.4 Å². The Morgan fingerprint density at radius 2 is 1.76 bits per heavy atom. The molecule has 0 bridgehead atoms. The van der Waals surface area contributed by atoms with E-state index in [0.29, 0.717) is 24.0 Å². The number of imidazole rings is 1. The predicted molar refractivity (Wildman–Crippen MR) is 116 cm³/mol. The van der Waals surface area contributed by atoms with Crippen LogP contribution in [0, 0.1) is 0 Å². The summed E-state index contributed by atoms with van der Waals surface area (Å²) in [4.78, 5) is 7.68. The maximum absolute atomic E-state index is 13.1. The zero-order valence-corrected chi connectivity index (χ0v) is 18.6. The molecule has 2 aromatic rings. The second kappa shape index (κ2) is 8.74. The van der Waals surface area contributed by atoms with E-state index in [1.165, 1.54) is 32.1 Å². The molecule has 2 heterocycles. The third kappa shape index (κ3) is 4.23. The molecule has 6 nitrogen and oxygen atoms in total. The molecule has 160 valence electrons. The van der Waals surface area contributed by atoms with Crippen LogP contribution in [-0.4, -0.2) is 53.4 Å². The lowest BCUT2D eigenvalue weighted by Gasteiger charge is -2.30. The monoisotopic (exact) mass is 418 g/mol. The highest BCUT2D eigenvalue weighted by Gasteiger charge is 2.27. The molecule has 7 heteroatoms. The van der Waals surface area contributed by atoms with Crippen molar-refractivity contribution in [2.24, 2.45) is 0 Å². The number of benzene rings is 1. The molecule has 0 unspecified atom stereocenters. The first-order valence-corrected chi connectivity index (χ1v) is 12.6. The molecule has 1 aromatic heterocycles.